The van der Waals surface area contributed by atoms with Crippen LogP contribution in [0, 0.1) is 25.2 Å². The van der Waals surface area contributed by atoms with Gasteiger partial charge in [-0.2, -0.15) is 31.6 Å². The normalized spacial score (nSPS) is 12.2. The van der Waals surface area contributed by atoms with E-state index in [1.165, 1.54) is 6.07 Å². The van der Waals surface area contributed by atoms with E-state index in [1.54, 1.807) is 6.07 Å². The van der Waals surface area contributed by atoms with E-state index in [-0.39, 0.29) is 28.6 Å². The topological polar surface area (TPSA) is 33.6 Å². The number of aryl methyl sites for hydroxylation is 2. The number of alkyl halides is 6. The van der Waals surface area contributed by atoms with Gasteiger partial charge in [0, 0.05) is 27.1 Å². The van der Waals surface area contributed by atoms with Crippen LogP contribution in [0.25, 0.3) is 88.4 Å². The van der Waals surface area contributed by atoms with Gasteiger partial charge in [-0.25, -0.2) is 0 Å². The lowest BCUT2D eigenvalue weighted by Gasteiger charge is -2.22. The van der Waals surface area contributed by atoms with E-state index in [0.717, 1.165) is 61.0 Å². The second-order valence-corrected chi connectivity index (χ2v) is 15.7. The van der Waals surface area contributed by atoms with Gasteiger partial charge in [0.2, 0.25) is 0 Å². The van der Waals surface area contributed by atoms with Gasteiger partial charge < -0.3 is 9.13 Å². The van der Waals surface area contributed by atoms with Crippen molar-refractivity contribution >= 4 is 43.6 Å². The summed E-state index contributed by atoms with van der Waals surface area (Å²) in [6.07, 6.45) is -10.2. The lowest BCUT2D eigenvalue weighted by molar-refractivity contribution is -0.142. The molecule has 0 saturated carbocycles. The summed E-state index contributed by atoms with van der Waals surface area (Å²) in [6, 6.07) is 50.1. The molecule has 0 aliphatic heterocycles. The standard InChI is InChI=1S/C53H33F6N3/c1-31-11-15-33(16-12-31)35-19-22-42-40-7-3-5-9-46(40)61(49(42)25-35)48-29-44(39-24-21-38(52(54,55)56)28-45(39)53(57,58)59)51(27-37(48)30-60)62-47-10-6-4-8-41(47)43-23-20-36(26-50(43)62)34-17-13-32(2)14-18-34/h3-29H,1-2H3. The molecule has 0 radical (unpaired) electrons. The van der Waals surface area contributed by atoms with Crippen molar-refractivity contribution in [2.24, 2.45) is 0 Å². The van der Waals surface area contributed by atoms with E-state index in [2.05, 4.69) is 6.07 Å². The predicted octanol–water partition coefficient (Wildman–Crippen LogP) is 15.4. The third-order valence-electron chi connectivity index (χ3n) is 11.8. The molecule has 0 spiro atoms. The van der Waals surface area contributed by atoms with Crippen molar-refractivity contribution in [3.63, 3.8) is 0 Å². The Bertz CT molecular complexity index is 3450. The van der Waals surface area contributed by atoms with Crippen molar-refractivity contribution in [2.75, 3.05) is 0 Å². The average molecular weight is 826 g/mol. The first kappa shape index (κ1) is 38.6. The van der Waals surface area contributed by atoms with Gasteiger partial charge in [-0.05, 0) is 90.2 Å². The van der Waals surface area contributed by atoms with Crippen LogP contribution in [0.1, 0.15) is 27.8 Å². The fraction of sp³-hybridized carbons (Fsp3) is 0.0755. The maximum atomic E-state index is 15.3. The van der Waals surface area contributed by atoms with Crippen LogP contribution in [0.2, 0.25) is 0 Å². The Morgan fingerprint density at radius 2 is 0.887 bits per heavy atom. The van der Waals surface area contributed by atoms with Crippen LogP contribution in [0.5, 0.6) is 0 Å². The maximum absolute atomic E-state index is 15.3. The van der Waals surface area contributed by atoms with Gasteiger partial charge in [0.15, 0.2) is 0 Å². The van der Waals surface area contributed by atoms with Gasteiger partial charge in [0.25, 0.3) is 0 Å². The molecular weight excluding hydrogens is 793 g/mol. The minimum absolute atomic E-state index is 0.0101. The Kier molecular flexibility index (Phi) is 8.89. The number of halogens is 6. The fourth-order valence-electron chi connectivity index (χ4n) is 8.75. The Balaban J connectivity index is 1.34. The van der Waals surface area contributed by atoms with Crippen LogP contribution in [0.3, 0.4) is 0 Å². The molecule has 0 saturated heterocycles. The van der Waals surface area contributed by atoms with E-state index in [9.17, 15) is 18.4 Å². The second kappa shape index (κ2) is 14.3. The van der Waals surface area contributed by atoms with Crippen molar-refractivity contribution in [1.82, 2.24) is 9.13 Å². The zero-order valence-electron chi connectivity index (χ0n) is 33.2. The Morgan fingerprint density at radius 3 is 1.37 bits per heavy atom. The van der Waals surface area contributed by atoms with Crippen molar-refractivity contribution in [3.8, 4) is 50.8 Å². The molecule has 10 rings (SSSR count). The molecule has 302 valence electrons. The number of nitriles is 1. The molecule has 0 bridgehead atoms. The lowest BCUT2D eigenvalue weighted by atomic mass is 9.93. The van der Waals surface area contributed by atoms with Crippen molar-refractivity contribution in [1.29, 1.82) is 5.26 Å². The summed E-state index contributed by atoms with van der Waals surface area (Å²) in [6.45, 7) is 3.99. The molecule has 10 aromatic rings. The van der Waals surface area contributed by atoms with E-state index in [1.807, 2.05) is 156 Å². The molecule has 3 nitrogen and oxygen atoms in total. The molecule has 0 aliphatic rings. The number of rotatable bonds is 5. The summed E-state index contributed by atoms with van der Waals surface area (Å²) in [5, 5.41) is 14.4. The van der Waals surface area contributed by atoms with Crippen LogP contribution >= 0.6 is 0 Å². The largest absolute Gasteiger partial charge is 0.417 e. The molecule has 0 fully saturated rings. The number of fused-ring (bicyclic) bond motifs is 6. The molecule has 0 atom stereocenters. The number of nitrogens with zero attached hydrogens (tertiary/aromatic N) is 3. The molecule has 0 amide bonds. The third kappa shape index (κ3) is 6.38. The monoisotopic (exact) mass is 825 g/mol. The summed E-state index contributed by atoms with van der Waals surface area (Å²) >= 11 is 0. The minimum Gasteiger partial charge on any atom is -0.309 e. The first-order valence-corrected chi connectivity index (χ1v) is 19.9. The third-order valence-corrected chi connectivity index (χ3v) is 11.8. The molecular formula is C53H33F6N3. The zero-order valence-corrected chi connectivity index (χ0v) is 33.2. The quantitative estimate of drug-likeness (QED) is 0.159. The van der Waals surface area contributed by atoms with Gasteiger partial charge in [-0.1, -0.05) is 126 Å². The summed E-state index contributed by atoms with van der Waals surface area (Å²) < 4.78 is 92.0. The zero-order chi connectivity index (χ0) is 43.1. The van der Waals surface area contributed by atoms with Crippen LogP contribution in [0.4, 0.5) is 26.3 Å². The van der Waals surface area contributed by atoms with E-state index >= 15 is 13.2 Å². The van der Waals surface area contributed by atoms with Gasteiger partial charge in [-0.3, -0.25) is 0 Å². The Hall–Kier alpha value is -7.57. The van der Waals surface area contributed by atoms with Crippen molar-refractivity contribution in [3.05, 3.63) is 192 Å². The summed E-state index contributed by atoms with van der Waals surface area (Å²) in [7, 11) is 0. The SMILES string of the molecule is Cc1ccc(-c2ccc3c4ccccc4n(-c4cc(-c5ccc(C(F)(F)F)cc5C(F)(F)F)c(-n5c6ccccc6c6ccc(-c7ccc(C)cc7)cc65)cc4C#N)c3c2)cc1. The highest BCUT2D eigenvalue weighted by atomic mass is 19.4. The van der Waals surface area contributed by atoms with Crippen molar-refractivity contribution < 1.29 is 26.3 Å². The van der Waals surface area contributed by atoms with Gasteiger partial charge in [0.05, 0.1) is 50.1 Å². The summed E-state index contributed by atoms with van der Waals surface area (Å²) in [5.41, 5.74) is 5.70. The predicted molar refractivity (Wildman–Crippen MR) is 236 cm³/mol. The van der Waals surface area contributed by atoms with Gasteiger partial charge >= 0.3 is 12.4 Å². The van der Waals surface area contributed by atoms with E-state index in [0.29, 0.717) is 28.1 Å². The molecule has 0 unspecified atom stereocenters. The number of hydrogen-bond donors (Lipinski definition) is 0. The highest BCUT2D eigenvalue weighted by Crippen LogP contribution is 2.46. The van der Waals surface area contributed by atoms with Crippen molar-refractivity contribution in [2.45, 2.75) is 26.2 Å². The Morgan fingerprint density at radius 1 is 0.419 bits per heavy atom. The maximum Gasteiger partial charge on any atom is 0.417 e. The number of aromatic nitrogens is 2. The smallest absolute Gasteiger partial charge is 0.309 e. The lowest BCUT2D eigenvalue weighted by Crippen LogP contribution is -2.13. The summed E-state index contributed by atoms with van der Waals surface area (Å²) in [4.78, 5) is 0. The molecule has 8 aromatic carbocycles. The first-order valence-electron chi connectivity index (χ1n) is 19.9. The van der Waals surface area contributed by atoms with Crippen LogP contribution in [0.15, 0.2) is 164 Å². The highest BCUT2D eigenvalue weighted by molar-refractivity contribution is 6.12. The average Bonchev–Trinajstić information content (AvgIpc) is 3.77. The van der Waals surface area contributed by atoms with Gasteiger partial charge in [0.1, 0.15) is 6.07 Å². The molecule has 9 heteroatoms. The number of para-hydroxylation sites is 2. The van der Waals surface area contributed by atoms with Crippen LogP contribution in [-0.4, -0.2) is 9.13 Å². The molecule has 0 N–H and O–H groups in total. The first-order chi connectivity index (χ1) is 29.8. The fourth-order valence-corrected chi connectivity index (χ4v) is 8.75. The molecule has 2 aromatic heterocycles. The van der Waals surface area contributed by atoms with Crippen LogP contribution < -0.4 is 0 Å². The molecule has 0 aliphatic carbocycles. The van der Waals surface area contributed by atoms with Gasteiger partial charge in [-0.15, -0.1) is 0 Å². The van der Waals surface area contributed by atoms with E-state index < -0.39 is 29.0 Å². The molecule has 2 heterocycles. The second-order valence-electron chi connectivity index (χ2n) is 15.7. The summed E-state index contributed by atoms with van der Waals surface area (Å²) in [5.74, 6) is 0. The molecule has 62 heavy (non-hydrogen) atoms. The number of benzene rings is 8. The van der Waals surface area contributed by atoms with Crippen LogP contribution in [-0.2, 0) is 12.4 Å². The minimum atomic E-state index is -5.18. The van der Waals surface area contributed by atoms with E-state index in [4.69, 9.17) is 0 Å². The number of hydrogen-bond acceptors (Lipinski definition) is 1. The Labute approximate surface area is 351 Å². The highest BCUT2D eigenvalue weighted by Gasteiger charge is 2.39.